The van der Waals surface area contributed by atoms with Crippen molar-refractivity contribution in [1.82, 2.24) is 14.0 Å². The number of halogens is 3. The Labute approximate surface area is 219 Å². The van der Waals surface area contributed by atoms with Gasteiger partial charge in [0.05, 0.1) is 35.6 Å². The monoisotopic (exact) mass is 555 g/mol. The topological polar surface area (TPSA) is 114 Å². The second-order valence-corrected chi connectivity index (χ2v) is 10.3. The summed E-state index contributed by atoms with van der Waals surface area (Å²) in [5.41, 5.74) is -1.46. The van der Waals surface area contributed by atoms with E-state index in [9.17, 15) is 37.8 Å². The van der Waals surface area contributed by atoms with Crippen LogP contribution < -0.4 is 11.2 Å². The summed E-state index contributed by atoms with van der Waals surface area (Å²) in [7, 11) is 0. The highest BCUT2D eigenvalue weighted by Crippen LogP contribution is 2.31. The average molecular weight is 556 g/mol. The van der Waals surface area contributed by atoms with E-state index in [2.05, 4.69) is 4.74 Å². The van der Waals surface area contributed by atoms with E-state index in [0.29, 0.717) is 12.0 Å². The van der Waals surface area contributed by atoms with Crippen LogP contribution in [-0.2, 0) is 24.2 Å². The van der Waals surface area contributed by atoms with E-state index in [1.807, 2.05) is 30.3 Å². The van der Waals surface area contributed by atoms with Gasteiger partial charge in [-0.2, -0.15) is 0 Å². The Hall–Kier alpha value is -3.00. The van der Waals surface area contributed by atoms with E-state index in [1.54, 1.807) is 6.92 Å². The molecule has 2 N–H and O–H groups in total. The number of likely N-dealkylation sites (tertiary alicyclic amines) is 1. The maximum atomic E-state index is 13.5. The minimum absolute atomic E-state index is 0.00216. The van der Waals surface area contributed by atoms with Crippen molar-refractivity contribution in [3.8, 4) is 0 Å². The van der Waals surface area contributed by atoms with Crippen molar-refractivity contribution >= 4 is 27.5 Å². The number of rotatable bonds is 8. The van der Waals surface area contributed by atoms with Crippen LogP contribution in [0.25, 0.3) is 10.2 Å². The fourth-order valence-electron chi connectivity index (χ4n) is 4.56. The third kappa shape index (κ3) is 5.85. The van der Waals surface area contributed by atoms with Crippen LogP contribution >= 0.6 is 11.3 Å². The highest BCUT2D eigenvalue weighted by molar-refractivity contribution is 7.20. The molecule has 1 aliphatic rings. The first kappa shape index (κ1) is 28.0. The van der Waals surface area contributed by atoms with Gasteiger partial charge in [0, 0.05) is 19.6 Å². The maximum absolute atomic E-state index is 13.5. The molecule has 0 unspecified atom stereocenters. The van der Waals surface area contributed by atoms with Crippen molar-refractivity contribution in [2.24, 2.45) is 0 Å². The van der Waals surface area contributed by atoms with Gasteiger partial charge < -0.3 is 15.1 Å². The number of carbonyl (C=O) groups is 1. The highest BCUT2D eigenvalue weighted by Gasteiger charge is 2.35. The van der Waals surface area contributed by atoms with E-state index >= 15 is 0 Å². The minimum atomic E-state index is -4.89. The zero-order chi connectivity index (χ0) is 27.7. The summed E-state index contributed by atoms with van der Waals surface area (Å²) < 4.78 is 43.8. The van der Waals surface area contributed by atoms with Crippen LogP contribution in [0.5, 0.6) is 0 Å². The number of carbonyl (C=O) groups excluding carboxylic acids is 1. The van der Waals surface area contributed by atoms with Crippen LogP contribution in [0.1, 0.15) is 33.6 Å². The van der Waals surface area contributed by atoms with Gasteiger partial charge in [0.1, 0.15) is 4.83 Å². The molecule has 1 aromatic carbocycles. The number of aromatic nitrogens is 2. The normalized spacial score (nSPS) is 15.8. The summed E-state index contributed by atoms with van der Waals surface area (Å²) in [6, 6.07) is 9.13. The van der Waals surface area contributed by atoms with Crippen molar-refractivity contribution in [2.75, 3.05) is 26.3 Å². The lowest BCUT2D eigenvalue weighted by atomic mass is 9.92. The number of fused-ring (bicyclic) bond motifs is 1. The zero-order valence-electron chi connectivity index (χ0n) is 20.7. The number of ether oxygens (including phenoxy) is 1. The highest BCUT2D eigenvalue weighted by atomic mass is 32.1. The quantitative estimate of drug-likeness (QED) is 0.441. The molecule has 4 rings (SSSR count). The van der Waals surface area contributed by atoms with Crippen LogP contribution in [0.15, 0.2) is 39.9 Å². The van der Waals surface area contributed by atoms with E-state index in [0.717, 1.165) is 26.0 Å². The number of alkyl halides is 3. The van der Waals surface area contributed by atoms with Gasteiger partial charge in [-0.25, -0.2) is 4.79 Å². The molecule has 0 aliphatic carbocycles. The third-order valence-electron chi connectivity index (χ3n) is 6.81. The summed E-state index contributed by atoms with van der Waals surface area (Å²) in [4.78, 5) is 41.9. The summed E-state index contributed by atoms with van der Waals surface area (Å²) in [6.07, 6.45) is -4.20. The lowest BCUT2D eigenvalue weighted by Gasteiger charge is -2.36. The number of aliphatic hydroxyl groups is 2. The third-order valence-corrected chi connectivity index (χ3v) is 8.11. The second-order valence-electron chi connectivity index (χ2n) is 9.33. The lowest BCUT2D eigenvalue weighted by Crippen LogP contribution is -2.48. The predicted molar refractivity (Wildman–Crippen MR) is 134 cm³/mol. The molecule has 0 radical (unpaired) electrons. The molecule has 13 heteroatoms. The molecule has 38 heavy (non-hydrogen) atoms. The minimum Gasteiger partial charge on any atom is -0.393 e. The van der Waals surface area contributed by atoms with Crippen molar-refractivity contribution in [2.45, 2.75) is 51.2 Å². The Morgan fingerprint density at radius 2 is 1.76 bits per heavy atom. The molecule has 9 nitrogen and oxygen atoms in total. The number of hydrogen-bond acceptors (Lipinski definition) is 7. The lowest BCUT2D eigenvalue weighted by molar-refractivity contribution is -0.325. The maximum Gasteiger partial charge on any atom is 0.522 e. The Morgan fingerprint density at radius 3 is 2.37 bits per heavy atom. The van der Waals surface area contributed by atoms with Gasteiger partial charge in [0.2, 0.25) is 0 Å². The molecule has 206 valence electrons. The van der Waals surface area contributed by atoms with Gasteiger partial charge in [-0.05, 0) is 37.3 Å². The SMILES string of the molecule is Cc1c(C(=O)N2CCC(O)(CO)CC2)sc2c1c(=O)n(CCc1ccccc1)c(=O)n2CCOC(F)(F)F. The molecular weight excluding hydrogens is 527 g/mol. The van der Waals surface area contributed by atoms with Gasteiger partial charge in [-0.3, -0.25) is 23.5 Å². The summed E-state index contributed by atoms with van der Waals surface area (Å²) in [5.74, 6) is -0.413. The second kappa shape index (κ2) is 11.0. The van der Waals surface area contributed by atoms with Gasteiger partial charge in [-0.1, -0.05) is 30.3 Å². The molecule has 0 spiro atoms. The number of amides is 1. The molecule has 3 heterocycles. The molecule has 1 fully saturated rings. The number of aryl methyl sites for hydroxylation is 2. The largest absolute Gasteiger partial charge is 0.522 e. The molecule has 0 saturated carbocycles. The molecule has 1 aliphatic heterocycles. The first-order valence-electron chi connectivity index (χ1n) is 12.1. The summed E-state index contributed by atoms with van der Waals surface area (Å²) in [5, 5.41) is 19.7. The first-order valence-corrected chi connectivity index (χ1v) is 12.9. The fourth-order valence-corrected chi connectivity index (χ4v) is 5.85. The van der Waals surface area contributed by atoms with Gasteiger partial charge in [0.25, 0.3) is 11.5 Å². The molecule has 2 aromatic heterocycles. The zero-order valence-corrected chi connectivity index (χ0v) is 21.5. The number of nitrogens with zero attached hydrogens (tertiary/aromatic N) is 3. The van der Waals surface area contributed by atoms with Gasteiger partial charge in [0.15, 0.2) is 0 Å². The molecule has 0 bridgehead atoms. The van der Waals surface area contributed by atoms with Crippen molar-refractivity contribution < 1.29 is 32.9 Å². The van der Waals surface area contributed by atoms with E-state index < -0.39 is 48.9 Å². The van der Waals surface area contributed by atoms with Gasteiger partial charge in [-0.15, -0.1) is 24.5 Å². The first-order chi connectivity index (χ1) is 17.9. The Kier molecular flexibility index (Phi) is 8.12. The Morgan fingerprint density at radius 1 is 1.11 bits per heavy atom. The Bertz CT molecular complexity index is 1420. The summed E-state index contributed by atoms with van der Waals surface area (Å²) in [6.45, 7) is 0.189. The molecular formula is C25H28F3N3O6S. The number of aliphatic hydroxyl groups excluding tert-OH is 1. The van der Waals surface area contributed by atoms with Gasteiger partial charge >= 0.3 is 12.1 Å². The average Bonchev–Trinajstić information content (AvgIpc) is 3.23. The van der Waals surface area contributed by atoms with E-state index in [4.69, 9.17) is 0 Å². The van der Waals surface area contributed by atoms with Crippen molar-refractivity contribution in [3.63, 3.8) is 0 Å². The van der Waals surface area contributed by atoms with Crippen LogP contribution in [0.2, 0.25) is 0 Å². The number of piperidine rings is 1. The molecule has 1 saturated heterocycles. The van der Waals surface area contributed by atoms with Crippen LogP contribution in [0.4, 0.5) is 13.2 Å². The van der Waals surface area contributed by atoms with Crippen molar-refractivity contribution in [3.05, 3.63) is 67.2 Å². The van der Waals surface area contributed by atoms with Crippen LogP contribution in [-0.4, -0.2) is 68.4 Å². The van der Waals surface area contributed by atoms with E-state index in [-0.39, 0.29) is 47.6 Å². The van der Waals surface area contributed by atoms with Crippen LogP contribution in [0, 0.1) is 6.92 Å². The van der Waals surface area contributed by atoms with Crippen molar-refractivity contribution in [1.29, 1.82) is 0 Å². The molecule has 1 amide bonds. The molecule has 3 aromatic rings. The number of benzene rings is 1. The Balaban J connectivity index is 1.74. The van der Waals surface area contributed by atoms with Crippen LogP contribution in [0.3, 0.4) is 0 Å². The number of hydrogen-bond donors (Lipinski definition) is 2. The smallest absolute Gasteiger partial charge is 0.393 e. The van der Waals surface area contributed by atoms with E-state index in [1.165, 1.54) is 4.90 Å². The summed E-state index contributed by atoms with van der Waals surface area (Å²) >= 11 is 0.877. The number of thiophene rings is 1. The fraction of sp³-hybridized carbons (Fsp3) is 0.480. The molecule has 0 atom stereocenters. The predicted octanol–water partition coefficient (Wildman–Crippen LogP) is 2.27. The standard InChI is InChI=1S/C25H28F3N3O6S/c1-16-18-20(33)30(10-7-17-5-3-2-4-6-17)23(35)31(13-14-37-25(26,27)28)22(18)38-19(16)21(34)29-11-8-24(36,15-32)9-12-29/h2-6,32,36H,7-15H2,1H3.